The molecule has 1 aliphatic rings. The van der Waals surface area contributed by atoms with Gasteiger partial charge in [-0.05, 0) is 36.0 Å². The predicted molar refractivity (Wildman–Crippen MR) is 59.8 cm³/mol. The van der Waals surface area contributed by atoms with Crippen LogP contribution in [0.5, 0.6) is 0 Å². The molecule has 0 bridgehead atoms. The van der Waals surface area contributed by atoms with Gasteiger partial charge in [0.15, 0.2) is 0 Å². The summed E-state index contributed by atoms with van der Waals surface area (Å²) in [4.78, 5) is 0. The second kappa shape index (κ2) is 3.63. The molecule has 0 aromatic rings. The molecular formula is C13H26. The minimum absolute atomic E-state index is 0.540. The van der Waals surface area contributed by atoms with Gasteiger partial charge >= 0.3 is 0 Å². The van der Waals surface area contributed by atoms with Crippen LogP contribution in [0.1, 0.15) is 66.7 Å². The third-order valence-electron chi connectivity index (χ3n) is 3.84. The summed E-state index contributed by atoms with van der Waals surface area (Å²) in [6.45, 7) is 11.8. The summed E-state index contributed by atoms with van der Waals surface area (Å²) in [6, 6.07) is 0. The van der Waals surface area contributed by atoms with Crippen molar-refractivity contribution in [2.75, 3.05) is 0 Å². The van der Waals surface area contributed by atoms with E-state index in [1.807, 2.05) is 0 Å². The zero-order valence-corrected chi connectivity index (χ0v) is 10.1. The fourth-order valence-electron chi connectivity index (χ4n) is 3.00. The van der Waals surface area contributed by atoms with Crippen LogP contribution in [0, 0.1) is 16.7 Å². The molecule has 0 heteroatoms. The van der Waals surface area contributed by atoms with Crippen molar-refractivity contribution in [3.8, 4) is 0 Å². The summed E-state index contributed by atoms with van der Waals surface area (Å²) in [5, 5.41) is 0. The summed E-state index contributed by atoms with van der Waals surface area (Å²) >= 11 is 0. The summed E-state index contributed by atoms with van der Waals surface area (Å²) in [6.07, 6.45) is 7.21. The van der Waals surface area contributed by atoms with Crippen LogP contribution in [0.2, 0.25) is 0 Å². The molecule has 0 heterocycles. The molecule has 1 rings (SSSR count). The fourth-order valence-corrected chi connectivity index (χ4v) is 3.00. The number of hydrogen-bond acceptors (Lipinski definition) is 0. The molecule has 0 amide bonds. The van der Waals surface area contributed by atoms with Gasteiger partial charge in [0.05, 0.1) is 0 Å². The molecule has 0 radical (unpaired) electrons. The van der Waals surface area contributed by atoms with E-state index in [1.54, 1.807) is 0 Å². The van der Waals surface area contributed by atoms with Gasteiger partial charge in [0.2, 0.25) is 0 Å². The lowest BCUT2D eigenvalue weighted by atomic mass is 9.56. The molecular weight excluding hydrogens is 156 g/mol. The smallest absolute Gasteiger partial charge is 0.0297 e. The van der Waals surface area contributed by atoms with E-state index >= 15 is 0 Å². The van der Waals surface area contributed by atoms with E-state index in [0.717, 1.165) is 11.3 Å². The van der Waals surface area contributed by atoms with Crippen molar-refractivity contribution >= 4 is 0 Å². The highest BCUT2D eigenvalue weighted by Crippen LogP contribution is 2.53. The maximum atomic E-state index is 2.37. The van der Waals surface area contributed by atoms with Crippen LogP contribution in [0.25, 0.3) is 0 Å². The Labute approximate surface area is 84.1 Å². The van der Waals surface area contributed by atoms with Gasteiger partial charge in [-0.25, -0.2) is 0 Å². The van der Waals surface area contributed by atoms with Gasteiger partial charge in [-0.2, -0.15) is 0 Å². The molecule has 0 aromatic carbocycles. The van der Waals surface area contributed by atoms with Crippen LogP contribution < -0.4 is 0 Å². The number of rotatable bonds is 3. The van der Waals surface area contributed by atoms with Gasteiger partial charge in [0.25, 0.3) is 0 Å². The van der Waals surface area contributed by atoms with Crippen molar-refractivity contribution in [3.63, 3.8) is 0 Å². The Hall–Kier alpha value is 0. The van der Waals surface area contributed by atoms with Crippen LogP contribution in [-0.4, -0.2) is 0 Å². The minimum atomic E-state index is 0.540. The molecule has 13 heavy (non-hydrogen) atoms. The highest BCUT2D eigenvalue weighted by atomic mass is 14.5. The van der Waals surface area contributed by atoms with Gasteiger partial charge in [0.1, 0.15) is 0 Å². The lowest BCUT2D eigenvalue weighted by Crippen LogP contribution is -2.37. The molecule has 0 atom stereocenters. The van der Waals surface area contributed by atoms with Crippen LogP contribution in [0.3, 0.4) is 0 Å². The van der Waals surface area contributed by atoms with Crippen LogP contribution in [0.4, 0.5) is 0 Å². The lowest BCUT2D eigenvalue weighted by Gasteiger charge is -2.49. The van der Waals surface area contributed by atoms with Gasteiger partial charge in [0, 0.05) is 0 Å². The Bertz CT molecular complexity index is 149. The average molecular weight is 182 g/mol. The molecule has 1 aliphatic carbocycles. The predicted octanol–water partition coefficient (Wildman–Crippen LogP) is 4.64. The molecule has 1 saturated carbocycles. The van der Waals surface area contributed by atoms with E-state index in [2.05, 4.69) is 34.6 Å². The van der Waals surface area contributed by atoms with Crippen molar-refractivity contribution in [2.45, 2.75) is 66.7 Å². The Kier molecular flexibility index (Phi) is 3.09. The Morgan fingerprint density at radius 1 is 1.08 bits per heavy atom. The summed E-state index contributed by atoms with van der Waals surface area (Å²) in [5.74, 6) is 1.03. The quantitative estimate of drug-likeness (QED) is 0.596. The zero-order chi connectivity index (χ0) is 10.1. The van der Waals surface area contributed by atoms with Gasteiger partial charge in [-0.1, -0.05) is 47.5 Å². The van der Waals surface area contributed by atoms with Crippen molar-refractivity contribution in [1.29, 1.82) is 0 Å². The highest BCUT2D eigenvalue weighted by molar-refractivity contribution is 4.93. The molecule has 0 unspecified atom stereocenters. The molecule has 0 aliphatic heterocycles. The van der Waals surface area contributed by atoms with Crippen molar-refractivity contribution in [2.24, 2.45) is 16.7 Å². The molecule has 0 spiro atoms. The SMILES string of the molecule is CCC1(CC)CC(CC(C)(C)C)C1. The third-order valence-corrected chi connectivity index (χ3v) is 3.84. The van der Waals surface area contributed by atoms with Crippen LogP contribution in [-0.2, 0) is 0 Å². The molecule has 0 N–H and O–H groups in total. The molecule has 0 nitrogen and oxygen atoms in total. The first-order valence-electron chi connectivity index (χ1n) is 5.91. The first kappa shape index (κ1) is 11.1. The van der Waals surface area contributed by atoms with Gasteiger partial charge in [-0.15, -0.1) is 0 Å². The van der Waals surface area contributed by atoms with Crippen molar-refractivity contribution < 1.29 is 0 Å². The standard InChI is InChI=1S/C13H26/c1-6-13(7-2)9-11(10-13)8-12(3,4)5/h11H,6-10H2,1-5H3. The normalized spacial score (nSPS) is 22.8. The highest BCUT2D eigenvalue weighted by Gasteiger charge is 2.41. The lowest BCUT2D eigenvalue weighted by molar-refractivity contribution is 0.0213. The Morgan fingerprint density at radius 2 is 1.54 bits per heavy atom. The molecule has 78 valence electrons. The maximum absolute atomic E-state index is 2.37. The van der Waals surface area contributed by atoms with E-state index in [4.69, 9.17) is 0 Å². The fraction of sp³-hybridized carbons (Fsp3) is 1.00. The molecule has 0 aromatic heterocycles. The third kappa shape index (κ3) is 2.72. The van der Waals surface area contributed by atoms with Gasteiger partial charge in [-0.3, -0.25) is 0 Å². The van der Waals surface area contributed by atoms with Crippen molar-refractivity contribution in [3.05, 3.63) is 0 Å². The zero-order valence-electron chi connectivity index (χ0n) is 10.1. The summed E-state index contributed by atoms with van der Waals surface area (Å²) < 4.78 is 0. The van der Waals surface area contributed by atoms with Crippen molar-refractivity contribution in [1.82, 2.24) is 0 Å². The van der Waals surface area contributed by atoms with E-state index in [1.165, 1.54) is 32.1 Å². The maximum Gasteiger partial charge on any atom is -0.0297 e. The molecule has 1 fully saturated rings. The first-order valence-corrected chi connectivity index (χ1v) is 5.91. The van der Waals surface area contributed by atoms with Crippen LogP contribution in [0.15, 0.2) is 0 Å². The van der Waals surface area contributed by atoms with E-state index in [-0.39, 0.29) is 0 Å². The largest absolute Gasteiger partial charge is 0.0649 e. The Morgan fingerprint density at radius 3 is 1.85 bits per heavy atom. The topological polar surface area (TPSA) is 0 Å². The summed E-state index contributed by atoms with van der Waals surface area (Å²) in [7, 11) is 0. The second-order valence-electron chi connectivity index (χ2n) is 6.25. The average Bonchev–Trinajstić information content (AvgIpc) is 1.94. The minimum Gasteiger partial charge on any atom is -0.0649 e. The number of hydrogen-bond donors (Lipinski definition) is 0. The van der Waals surface area contributed by atoms with E-state index in [0.29, 0.717) is 5.41 Å². The van der Waals surface area contributed by atoms with E-state index < -0.39 is 0 Å². The Balaban J connectivity index is 2.32. The second-order valence-corrected chi connectivity index (χ2v) is 6.25. The first-order chi connectivity index (χ1) is 5.91. The molecule has 0 saturated heterocycles. The van der Waals surface area contributed by atoms with E-state index in [9.17, 15) is 0 Å². The summed E-state index contributed by atoms with van der Waals surface area (Å²) in [5.41, 5.74) is 1.29. The van der Waals surface area contributed by atoms with Gasteiger partial charge < -0.3 is 0 Å². The monoisotopic (exact) mass is 182 g/mol. The van der Waals surface area contributed by atoms with Crippen LogP contribution >= 0.6 is 0 Å².